The molecule has 3 rings (SSSR count). The molecule has 1 atom stereocenters. The molecule has 1 aliphatic carbocycles. The lowest BCUT2D eigenvalue weighted by Crippen LogP contribution is -2.04. The minimum absolute atomic E-state index is 0.0182. The minimum atomic E-state index is -0.180. The highest BCUT2D eigenvalue weighted by Crippen LogP contribution is 2.42. The van der Waals surface area contributed by atoms with Crippen molar-refractivity contribution in [1.82, 2.24) is 9.97 Å². The molecule has 0 bridgehead atoms. The lowest BCUT2D eigenvalue weighted by atomic mass is 9.97. The van der Waals surface area contributed by atoms with Crippen molar-refractivity contribution in [3.8, 4) is 0 Å². The zero-order valence-electron chi connectivity index (χ0n) is 9.80. The number of benzene rings is 1. The molecule has 1 aliphatic rings. The van der Waals surface area contributed by atoms with Crippen molar-refractivity contribution in [3.05, 3.63) is 32.7 Å². The summed E-state index contributed by atoms with van der Waals surface area (Å²) in [7, 11) is 0. The van der Waals surface area contributed by atoms with Gasteiger partial charge in [-0.15, -0.1) is 11.6 Å². The fourth-order valence-electron chi connectivity index (χ4n) is 2.79. The fraction of sp³-hybridized carbons (Fsp3) is 0.462. The summed E-state index contributed by atoms with van der Waals surface area (Å²) in [5, 5.41) is 0.0182. The van der Waals surface area contributed by atoms with Gasteiger partial charge in [-0.2, -0.15) is 0 Å². The fourth-order valence-corrected chi connectivity index (χ4v) is 3.94. The zero-order chi connectivity index (χ0) is 12.7. The number of nitrogens with one attached hydrogen (secondary N) is 2. The SMILES string of the molecule is O=c1[nH]c2cc(Br)c(C(Cl)C3CCCC3)cc2[nH]1. The number of aromatic amines is 2. The molecule has 5 heteroatoms. The highest BCUT2D eigenvalue weighted by molar-refractivity contribution is 9.10. The molecule has 18 heavy (non-hydrogen) atoms. The maximum Gasteiger partial charge on any atom is 0.323 e. The quantitative estimate of drug-likeness (QED) is 0.801. The minimum Gasteiger partial charge on any atom is -0.306 e. The van der Waals surface area contributed by atoms with Gasteiger partial charge in [-0.05, 0) is 36.5 Å². The number of imidazole rings is 1. The Morgan fingerprint density at radius 1 is 1.22 bits per heavy atom. The Hall–Kier alpha value is -0.740. The summed E-state index contributed by atoms with van der Waals surface area (Å²) in [6.07, 6.45) is 4.94. The Morgan fingerprint density at radius 3 is 2.50 bits per heavy atom. The summed E-state index contributed by atoms with van der Waals surface area (Å²) in [5.41, 5.74) is 2.53. The van der Waals surface area contributed by atoms with E-state index >= 15 is 0 Å². The van der Waals surface area contributed by atoms with Gasteiger partial charge in [0.1, 0.15) is 0 Å². The van der Waals surface area contributed by atoms with E-state index in [-0.39, 0.29) is 11.1 Å². The monoisotopic (exact) mass is 328 g/mol. The van der Waals surface area contributed by atoms with E-state index in [1.807, 2.05) is 12.1 Å². The molecule has 0 aliphatic heterocycles. The molecule has 2 N–H and O–H groups in total. The third-order valence-corrected chi connectivity index (χ3v) is 5.02. The number of alkyl halides is 1. The number of H-pyrrole nitrogens is 2. The van der Waals surface area contributed by atoms with Crippen LogP contribution in [0.5, 0.6) is 0 Å². The third-order valence-electron chi connectivity index (χ3n) is 3.74. The number of aromatic nitrogens is 2. The van der Waals surface area contributed by atoms with Crippen LogP contribution >= 0.6 is 27.5 Å². The summed E-state index contributed by atoms with van der Waals surface area (Å²) in [5.74, 6) is 0.547. The first-order chi connectivity index (χ1) is 8.65. The Kier molecular flexibility index (Phi) is 3.24. The molecular formula is C13H14BrClN2O. The summed E-state index contributed by atoms with van der Waals surface area (Å²) < 4.78 is 0.970. The molecule has 1 fully saturated rings. The van der Waals surface area contributed by atoms with Gasteiger partial charge in [0.05, 0.1) is 16.4 Å². The van der Waals surface area contributed by atoms with Gasteiger partial charge in [0.2, 0.25) is 0 Å². The van der Waals surface area contributed by atoms with Crippen molar-refractivity contribution in [2.24, 2.45) is 5.92 Å². The third kappa shape index (κ3) is 2.12. The smallest absolute Gasteiger partial charge is 0.306 e. The standard InChI is InChI=1S/C13H14BrClN2O/c14-9-6-11-10(16-13(18)17-11)5-8(9)12(15)7-3-1-2-4-7/h5-7,12H,1-4H2,(H2,16,17,18). The second kappa shape index (κ2) is 4.74. The van der Waals surface area contributed by atoms with Gasteiger partial charge in [-0.1, -0.05) is 28.8 Å². The molecule has 3 nitrogen and oxygen atoms in total. The van der Waals surface area contributed by atoms with Crippen LogP contribution in [-0.4, -0.2) is 9.97 Å². The molecule has 1 unspecified atom stereocenters. The van der Waals surface area contributed by atoms with Gasteiger partial charge in [-0.3, -0.25) is 0 Å². The van der Waals surface area contributed by atoms with Crippen LogP contribution in [0.4, 0.5) is 0 Å². The molecule has 1 heterocycles. The van der Waals surface area contributed by atoms with E-state index in [1.54, 1.807) is 0 Å². The average molecular weight is 330 g/mol. The van der Waals surface area contributed by atoms with Crippen LogP contribution in [-0.2, 0) is 0 Å². The molecular weight excluding hydrogens is 316 g/mol. The predicted octanol–water partition coefficient (Wildman–Crippen LogP) is 4.09. The molecule has 0 radical (unpaired) electrons. The van der Waals surface area contributed by atoms with E-state index in [2.05, 4.69) is 25.9 Å². The van der Waals surface area contributed by atoms with Gasteiger partial charge in [-0.25, -0.2) is 4.79 Å². The highest BCUT2D eigenvalue weighted by Gasteiger charge is 2.26. The van der Waals surface area contributed by atoms with Crippen LogP contribution in [0.3, 0.4) is 0 Å². The van der Waals surface area contributed by atoms with E-state index < -0.39 is 0 Å². The van der Waals surface area contributed by atoms with Crippen molar-refractivity contribution in [3.63, 3.8) is 0 Å². The van der Waals surface area contributed by atoms with Gasteiger partial charge < -0.3 is 9.97 Å². The van der Waals surface area contributed by atoms with Crippen molar-refractivity contribution >= 4 is 38.6 Å². The molecule has 1 aromatic carbocycles. The highest BCUT2D eigenvalue weighted by atomic mass is 79.9. The van der Waals surface area contributed by atoms with E-state index in [0.717, 1.165) is 21.1 Å². The first kappa shape index (κ1) is 12.3. The van der Waals surface area contributed by atoms with Crippen molar-refractivity contribution in [2.45, 2.75) is 31.1 Å². The maximum absolute atomic E-state index is 11.3. The van der Waals surface area contributed by atoms with E-state index in [9.17, 15) is 4.79 Å². The van der Waals surface area contributed by atoms with Crippen LogP contribution in [0, 0.1) is 5.92 Å². The maximum atomic E-state index is 11.3. The summed E-state index contributed by atoms with van der Waals surface area (Å²) >= 11 is 10.1. The van der Waals surface area contributed by atoms with Crippen LogP contribution in [0.2, 0.25) is 0 Å². The summed E-state index contributed by atoms with van der Waals surface area (Å²) in [6, 6.07) is 3.90. The largest absolute Gasteiger partial charge is 0.323 e. The van der Waals surface area contributed by atoms with Crippen LogP contribution in [0.25, 0.3) is 11.0 Å². The molecule has 2 aromatic rings. The first-order valence-electron chi connectivity index (χ1n) is 6.20. The van der Waals surface area contributed by atoms with Crippen molar-refractivity contribution in [1.29, 1.82) is 0 Å². The molecule has 96 valence electrons. The summed E-state index contributed by atoms with van der Waals surface area (Å²) in [4.78, 5) is 16.8. The second-order valence-corrected chi connectivity index (χ2v) is 6.27. The molecule has 1 saturated carbocycles. The van der Waals surface area contributed by atoms with Crippen molar-refractivity contribution in [2.75, 3.05) is 0 Å². The molecule has 1 aromatic heterocycles. The van der Waals surface area contributed by atoms with Gasteiger partial charge in [0.15, 0.2) is 0 Å². The molecule has 0 amide bonds. The van der Waals surface area contributed by atoms with Crippen LogP contribution in [0.15, 0.2) is 21.4 Å². The number of fused-ring (bicyclic) bond motifs is 1. The van der Waals surface area contributed by atoms with E-state index in [0.29, 0.717) is 5.92 Å². The Balaban J connectivity index is 2.04. The predicted molar refractivity (Wildman–Crippen MR) is 77.2 cm³/mol. The number of rotatable bonds is 2. The number of hydrogen-bond donors (Lipinski definition) is 2. The lowest BCUT2D eigenvalue weighted by molar-refractivity contribution is 0.528. The molecule has 0 saturated heterocycles. The Labute approximate surface area is 118 Å². The Bertz CT molecular complexity index is 627. The second-order valence-electron chi connectivity index (χ2n) is 4.94. The van der Waals surface area contributed by atoms with E-state index in [4.69, 9.17) is 11.6 Å². The number of hydrogen-bond acceptors (Lipinski definition) is 1. The average Bonchev–Trinajstić information content (AvgIpc) is 2.94. The van der Waals surface area contributed by atoms with Gasteiger partial charge in [0, 0.05) is 4.47 Å². The zero-order valence-corrected chi connectivity index (χ0v) is 12.1. The Morgan fingerprint density at radius 2 is 1.83 bits per heavy atom. The first-order valence-corrected chi connectivity index (χ1v) is 7.43. The summed E-state index contributed by atoms with van der Waals surface area (Å²) in [6.45, 7) is 0. The normalized spacial score (nSPS) is 18.6. The van der Waals surface area contributed by atoms with Gasteiger partial charge >= 0.3 is 5.69 Å². The lowest BCUT2D eigenvalue weighted by Gasteiger charge is -2.18. The van der Waals surface area contributed by atoms with Crippen LogP contribution < -0.4 is 5.69 Å². The topological polar surface area (TPSA) is 48.6 Å². The van der Waals surface area contributed by atoms with Crippen LogP contribution in [0.1, 0.15) is 36.6 Å². The molecule has 0 spiro atoms. The van der Waals surface area contributed by atoms with Gasteiger partial charge in [0.25, 0.3) is 0 Å². The van der Waals surface area contributed by atoms with Crippen molar-refractivity contribution < 1.29 is 0 Å². The van der Waals surface area contributed by atoms with E-state index in [1.165, 1.54) is 25.7 Å². The number of halogens is 2.